The number of rotatable bonds is 9. The Hall–Kier alpha value is -1.10. The second-order valence-electron chi connectivity index (χ2n) is 5.73. The SMILES string of the molecule is CC(C)CCNC(=O)CC(O)C(=O)NCCC(C)C. The normalized spacial score (nSPS) is 12.6. The minimum absolute atomic E-state index is 0.175. The van der Waals surface area contributed by atoms with Gasteiger partial charge in [-0.15, -0.1) is 0 Å². The number of amides is 2. The molecule has 0 saturated heterocycles. The Morgan fingerprint density at radius 1 is 0.947 bits per heavy atom. The first-order valence-corrected chi connectivity index (χ1v) is 7.05. The van der Waals surface area contributed by atoms with Gasteiger partial charge in [0.05, 0.1) is 6.42 Å². The molecule has 0 aromatic heterocycles. The standard InChI is InChI=1S/C14H28N2O3/c1-10(2)5-7-15-13(18)9-12(17)14(19)16-8-6-11(3)4/h10-12,17H,5-9H2,1-4H3,(H,15,18)(H,16,19). The maximum atomic E-state index is 11.5. The third-order valence-corrected chi connectivity index (χ3v) is 2.75. The average molecular weight is 272 g/mol. The van der Waals surface area contributed by atoms with Crippen LogP contribution in [0.15, 0.2) is 0 Å². The number of hydrogen-bond acceptors (Lipinski definition) is 3. The summed E-state index contributed by atoms with van der Waals surface area (Å²) in [5.74, 6) is 0.258. The molecule has 0 bridgehead atoms. The van der Waals surface area contributed by atoms with Crippen LogP contribution in [-0.4, -0.2) is 36.1 Å². The Labute approximate surface area is 116 Å². The van der Waals surface area contributed by atoms with Crippen molar-refractivity contribution in [3.8, 4) is 0 Å². The quantitative estimate of drug-likeness (QED) is 0.587. The maximum Gasteiger partial charge on any atom is 0.249 e. The van der Waals surface area contributed by atoms with Gasteiger partial charge >= 0.3 is 0 Å². The average Bonchev–Trinajstić information content (AvgIpc) is 2.27. The lowest BCUT2D eigenvalue weighted by atomic mass is 10.1. The molecule has 2 amide bonds. The van der Waals surface area contributed by atoms with E-state index in [9.17, 15) is 14.7 Å². The Kier molecular flexibility index (Phi) is 9.21. The molecule has 1 atom stereocenters. The summed E-state index contributed by atoms with van der Waals surface area (Å²) in [5.41, 5.74) is 0. The van der Waals surface area contributed by atoms with E-state index in [0.717, 1.165) is 12.8 Å². The van der Waals surface area contributed by atoms with Gasteiger partial charge in [-0.25, -0.2) is 0 Å². The zero-order chi connectivity index (χ0) is 14.8. The van der Waals surface area contributed by atoms with Crippen LogP contribution in [0, 0.1) is 11.8 Å². The van der Waals surface area contributed by atoms with Crippen molar-refractivity contribution in [3.05, 3.63) is 0 Å². The van der Waals surface area contributed by atoms with Crippen molar-refractivity contribution >= 4 is 11.8 Å². The third kappa shape index (κ3) is 10.5. The van der Waals surface area contributed by atoms with Crippen LogP contribution in [0.3, 0.4) is 0 Å². The number of aliphatic hydroxyl groups is 1. The Morgan fingerprint density at radius 2 is 1.42 bits per heavy atom. The molecular weight excluding hydrogens is 244 g/mol. The topological polar surface area (TPSA) is 78.4 Å². The van der Waals surface area contributed by atoms with Crippen LogP contribution in [0.1, 0.15) is 47.0 Å². The summed E-state index contributed by atoms with van der Waals surface area (Å²) < 4.78 is 0. The van der Waals surface area contributed by atoms with Crippen molar-refractivity contribution in [2.75, 3.05) is 13.1 Å². The lowest BCUT2D eigenvalue weighted by molar-refractivity contribution is -0.134. The van der Waals surface area contributed by atoms with Crippen molar-refractivity contribution in [1.82, 2.24) is 10.6 Å². The largest absolute Gasteiger partial charge is 0.383 e. The van der Waals surface area contributed by atoms with Crippen molar-refractivity contribution in [2.24, 2.45) is 11.8 Å². The number of hydrogen-bond donors (Lipinski definition) is 3. The summed E-state index contributed by atoms with van der Waals surface area (Å²) in [7, 11) is 0. The van der Waals surface area contributed by atoms with Crippen molar-refractivity contribution < 1.29 is 14.7 Å². The van der Waals surface area contributed by atoms with E-state index in [0.29, 0.717) is 24.9 Å². The lowest BCUT2D eigenvalue weighted by Gasteiger charge is -2.12. The molecule has 19 heavy (non-hydrogen) atoms. The highest BCUT2D eigenvalue weighted by molar-refractivity contribution is 5.87. The Balaban J connectivity index is 3.78. The van der Waals surface area contributed by atoms with E-state index in [-0.39, 0.29) is 12.3 Å². The second kappa shape index (κ2) is 9.78. The molecule has 0 aliphatic carbocycles. The van der Waals surface area contributed by atoms with Crippen LogP contribution in [0.25, 0.3) is 0 Å². The summed E-state index contributed by atoms with van der Waals surface area (Å²) in [6.45, 7) is 9.38. The van der Waals surface area contributed by atoms with Crippen LogP contribution >= 0.6 is 0 Å². The highest BCUT2D eigenvalue weighted by Crippen LogP contribution is 1.99. The number of nitrogens with one attached hydrogen (secondary N) is 2. The van der Waals surface area contributed by atoms with Gasteiger partial charge in [-0.05, 0) is 24.7 Å². The van der Waals surface area contributed by atoms with Crippen LogP contribution in [-0.2, 0) is 9.59 Å². The van der Waals surface area contributed by atoms with E-state index in [1.807, 2.05) is 0 Å². The Morgan fingerprint density at radius 3 is 1.89 bits per heavy atom. The monoisotopic (exact) mass is 272 g/mol. The van der Waals surface area contributed by atoms with Gasteiger partial charge in [0.15, 0.2) is 0 Å². The van der Waals surface area contributed by atoms with Gasteiger partial charge in [-0.3, -0.25) is 9.59 Å². The van der Waals surface area contributed by atoms with E-state index >= 15 is 0 Å². The lowest BCUT2D eigenvalue weighted by Crippen LogP contribution is -2.39. The van der Waals surface area contributed by atoms with Gasteiger partial charge in [0.2, 0.25) is 11.8 Å². The highest BCUT2D eigenvalue weighted by atomic mass is 16.3. The smallest absolute Gasteiger partial charge is 0.249 e. The fourth-order valence-corrected chi connectivity index (χ4v) is 1.44. The molecule has 1 unspecified atom stereocenters. The van der Waals surface area contributed by atoms with Gasteiger partial charge in [0.1, 0.15) is 6.10 Å². The van der Waals surface area contributed by atoms with E-state index in [2.05, 4.69) is 38.3 Å². The first-order chi connectivity index (χ1) is 8.82. The number of aliphatic hydroxyl groups excluding tert-OH is 1. The van der Waals surface area contributed by atoms with Crippen molar-refractivity contribution in [3.63, 3.8) is 0 Å². The van der Waals surface area contributed by atoms with E-state index in [1.54, 1.807) is 0 Å². The molecule has 0 saturated carbocycles. The van der Waals surface area contributed by atoms with E-state index in [4.69, 9.17) is 0 Å². The van der Waals surface area contributed by atoms with Gasteiger partial charge in [-0.1, -0.05) is 27.7 Å². The molecular formula is C14H28N2O3. The molecule has 0 aliphatic rings. The van der Waals surface area contributed by atoms with Crippen LogP contribution < -0.4 is 10.6 Å². The Bertz CT molecular complexity index is 278. The molecule has 0 radical (unpaired) electrons. The highest BCUT2D eigenvalue weighted by Gasteiger charge is 2.18. The molecule has 3 N–H and O–H groups in total. The fraction of sp³-hybridized carbons (Fsp3) is 0.857. The maximum absolute atomic E-state index is 11.5. The zero-order valence-corrected chi connectivity index (χ0v) is 12.5. The van der Waals surface area contributed by atoms with E-state index in [1.165, 1.54) is 0 Å². The third-order valence-electron chi connectivity index (χ3n) is 2.75. The molecule has 5 nitrogen and oxygen atoms in total. The summed E-state index contributed by atoms with van der Waals surface area (Å²) in [6.07, 6.45) is 0.318. The number of carbonyl (C=O) groups is 2. The molecule has 0 aliphatic heterocycles. The summed E-state index contributed by atoms with van der Waals surface area (Å²) in [5, 5.41) is 14.9. The minimum atomic E-state index is -1.26. The molecule has 5 heteroatoms. The van der Waals surface area contributed by atoms with E-state index < -0.39 is 12.0 Å². The first kappa shape index (κ1) is 17.9. The molecule has 0 aromatic rings. The second-order valence-corrected chi connectivity index (χ2v) is 5.73. The van der Waals surface area contributed by atoms with Crippen molar-refractivity contribution in [1.29, 1.82) is 0 Å². The minimum Gasteiger partial charge on any atom is -0.383 e. The predicted molar refractivity (Wildman–Crippen MR) is 75.6 cm³/mol. The van der Waals surface area contributed by atoms with Gasteiger partial charge in [0.25, 0.3) is 0 Å². The molecule has 0 rings (SSSR count). The summed E-state index contributed by atoms with van der Waals surface area (Å²) >= 11 is 0. The number of carbonyl (C=O) groups excluding carboxylic acids is 2. The van der Waals surface area contributed by atoms with Crippen LogP contribution in [0.5, 0.6) is 0 Å². The molecule has 112 valence electrons. The first-order valence-electron chi connectivity index (χ1n) is 7.05. The summed E-state index contributed by atoms with van der Waals surface area (Å²) in [6, 6.07) is 0. The van der Waals surface area contributed by atoms with Gasteiger partial charge in [-0.2, -0.15) is 0 Å². The van der Waals surface area contributed by atoms with Gasteiger partial charge in [0, 0.05) is 13.1 Å². The zero-order valence-electron chi connectivity index (χ0n) is 12.5. The predicted octanol–water partition coefficient (Wildman–Crippen LogP) is 1.06. The van der Waals surface area contributed by atoms with Crippen LogP contribution in [0.4, 0.5) is 0 Å². The summed E-state index contributed by atoms with van der Waals surface area (Å²) in [4.78, 5) is 23.0. The molecule has 0 spiro atoms. The molecule has 0 heterocycles. The van der Waals surface area contributed by atoms with Crippen molar-refractivity contribution in [2.45, 2.75) is 53.1 Å². The molecule has 0 aromatic carbocycles. The van der Waals surface area contributed by atoms with Crippen LogP contribution in [0.2, 0.25) is 0 Å². The fourth-order valence-electron chi connectivity index (χ4n) is 1.44. The van der Waals surface area contributed by atoms with Gasteiger partial charge < -0.3 is 15.7 Å². The molecule has 0 fully saturated rings.